The minimum atomic E-state index is 0.216. The van der Waals surface area contributed by atoms with Crippen molar-refractivity contribution in [3.05, 3.63) is 35.9 Å². The van der Waals surface area contributed by atoms with Crippen molar-refractivity contribution in [3.8, 4) is 0 Å². The topological polar surface area (TPSA) is 15.3 Å². The molecule has 0 saturated heterocycles. The Hall–Kier alpha value is -0.860. The molecule has 112 valence electrons. The van der Waals surface area contributed by atoms with E-state index < -0.39 is 0 Å². The summed E-state index contributed by atoms with van der Waals surface area (Å²) in [5, 5.41) is 3.53. The maximum absolute atomic E-state index is 3.53. The van der Waals surface area contributed by atoms with Crippen LogP contribution in [0.25, 0.3) is 0 Å². The maximum Gasteiger partial charge on any atom is 0.0381 e. The molecule has 1 N–H and O–H groups in total. The summed E-state index contributed by atoms with van der Waals surface area (Å²) in [6.07, 6.45) is 5.57. The molecule has 0 spiro atoms. The lowest BCUT2D eigenvalue weighted by atomic mass is 9.79. The fourth-order valence-electron chi connectivity index (χ4n) is 3.86. The summed E-state index contributed by atoms with van der Waals surface area (Å²) in [6.45, 7) is 5.90. The second kappa shape index (κ2) is 6.73. The van der Waals surface area contributed by atoms with Crippen LogP contribution in [0.3, 0.4) is 0 Å². The van der Waals surface area contributed by atoms with Crippen LogP contribution in [0.15, 0.2) is 30.3 Å². The van der Waals surface area contributed by atoms with Crippen molar-refractivity contribution in [1.29, 1.82) is 0 Å². The molecular formula is C18H30N2. The summed E-state index contributed by atoms with van der Waals surface area (Å²) in [5.74, 6) is 0. The Bertz CT molecular complexity index is 393. The Morgan fingerprint density at radius 1 is 1.20 bits per heavy atom. The molecule has 1 aromatic carbocycles. The van der Waals surface area contributed by atoms with E-state index >= 15 is 0 Å². The first-order chi connectivity index (χ1) is 9.54. The quantitative estimate of drug-likeness (QED) is 0.847. The zero-order chi connectivity index (χ0) is 14.6. The Morgan fingerprint density at radius 2 is 1.80 bits per heavy atom. The van der Waals surface area contributed by atoms with E-state index in [2.05, 4.69) is 68.5 Å². The van der Waals surface area contributed by atoms with Gasteiger partial charge in [0.25, 0.3) is 0 Å². The van der Waals surface area contributed by atoms with Crippen molar-refractivity contribution < 1.29 is 0 Å². The highest BCUT2D eigenvalue weighted by molar-refractivity contribution is 5.21. The highest BCUT2D eigenvalue weighted by atomic mass is 15.1. The molecule has 0 bridgehead atoms. The second-order valence-electron chi connectivity index (χ2n) is 6.97. The summed E-state index contributed by atoms with van der Waals surface area (Å²) in [5.41, 5.74) is 1.60. The van der Waals surface area contributed by atoms with Crippen molar-refractivity contribution >= 4 is 0 Å². The summed E-state index contributed by atoms with van der Waals surface area (Å²) in [6, 6.07) is 12.0. The number of nitrogens with zero attached hydrogens (tertiary/aromatic N) is 1. The first-order valence-electron chi connectivity index (χ1n) is 7.97. The molecule has 1 unspecified atom stereocenters. The van der Waals surface area contributed by atoms with E-state index in [9.17, 15) is 0 Å². The average Bonchev–Trinajstić information content (AvgIpc) is 2.94. The zero-order valence-corrected chi connectivity index (χ0v) is 13.5. The molecular weight excluding hydrogens is 244 g/mol. The van der Waals surface area contributed by atoms with Crippen LogP contribution in [0.4, 0.5) is 0 Å². The molecule has 0 heterocycles. The first kappa shape index (κ1) is 15.5. The molecule has 0 amide bonds. The van der Waals surface area contributed by atoms with Crippen LogP contribution in [-0.2, 0) is 0 Å². The zero-order valence-electron chi connectivity index (χ0n) is 13.5. The second-order valence-corrected chi connectivity index (χ2v) is 6.97. The van der Waals surface area contributed by atoms with Crippen LogP contribution < -0.4 is 5.32 Å². The van der Waals surface area contributed by atoms with Crippen molar-refractivity contribution in [3.63, 3.8) is 0 Å². The average molecular weight is 274 g/mol. The van der Waals surface area contributed by atoms with Crippen molar-refractivity contribution in [1.82, 2.24) is 10.2 Å². The fraction of sp³-hybridized carbons (Fsp3) is 0.667. The van der Waals surface area contributed by atoms with E-state index in [0.717, 1.165) is 12.6 Å². The number of hydrogen-bond donors (Lipinski definition) is 1. The molecule has 2 heteroatoms. The van der Waals surface area contributed by atoms with Crippen molar-refractivity contribution in [2.24, 2.45) is 5.41 Å². The van der Waals surface area contributed by atoms with Crippen molar-refractivity contribution in [2.75, 3.05) is 20.6 Å². The van der Waals surface area contributed by atoms with Gasteiger partial charge in [0.05, 0.1) is 0 Å². The van der Waals surface area contributed by atoms with Crippen LogP contribution in [0.2, 0.25) is 0 Å². The highest BCUT2D eigenvalue weighted by Crippen LogP contribution is 2.35. The Balaban J connectivity index is 2.06. The van der Waals surface area contributed by atoms with E-state index in [1.54, 1.807) is 0 Å². The Labute approximate surface area is 124 Å². The molecule has 0 aromatic heterocycles. The van der Waals surface area contributed by atoms with Gasteiger partial charge in [-0.05, 0) is 37.9 Å². The van der Waals surface area contributed by atoms with Gasteiger partial charge >= 0.3 is 0 Å². The normalized spacial score (nSPS) is 18.6. The van der Waals surface area contributed by atoms with Gasteiger partial charge in [0.15, 0.2) is 0 Å². The SMILES string of the molecule is CNC(c1ccccc1)C(C)(C)CN(C)C1CCCC1. The van der Waals surface area contributed by atoms with Gasteiger partial charge in [-0.15, -0.1) is 0 Å². The van der Waals surface area contributed by atoms with E-state index in [-0.39, 0.29) is 5.41 Å². The summed E-state index contributed by atoms with van der Waals surface area (Å²) in [4.78, 5) is 2.58. The molecule has 1 aromatic rings. The minimum absolute atomic E-state index is 0.216. The number of benzene rings is 1. The lowest BCUT2D eigenvalue weighted by Crippen LogP contribution is -2.43. The fourth-order valence-corrected chi connectivity index (χ4v) is 3.86. The lowest BCUT2D eigenvalue weighted by Gasteiger charge is -2.39. The third-order valence-electron chi connectivity index (χ3n) is 4.81. The monoisotopic (exact) mass is 274 g/mol. The third-order valence-corrected chi connectivity index (χ3v) is 4.81. The predicted molar refractivity (Wildman–Crippen MR) is 86.9 cm³/mol. The van der Waals surface area contributed by atoms with Crippen LogP contribution in [0, 0.1) is 5.41 Å². The molecule has 1 aliphatic rings. The Morgan fingerprint density at radius 3 is 2.35 bits per heavy atom. The van der Waals surface area contributed by atoms with Gasteiger partial charge in [-0.25, -0.2) is 0 Å². The van der Waals surface area contributed by atoms with E-state index in [4.69, 9.17) is 0 Å². The molecule has 0 aliphatic heterocycles. The Kier molecular flexibility index (Phi) is 5.22. The molecule has 0 radical (unpaired) electrons. The summed E-state index contributed by atoms with van der Waals surface area (Å²) >= 11 is 0. The molecule has 1 atom stereocenters. The van der Waals surface area contributed by atoms with Gasteiger partial charge in [0, 0.05) is 18.6 Å². The lowest BCUT2D eigenvalue weighted by molar-refractivity contribution is 0.128. The van der Waals surface area contributed by atoms with Gasteiger partial charge in [0.1, 0.15) is 0 Å². The largest absolute Gasteiger partial charge is 0.313 e. The molecule has 1 saturated carbocycles. The first-order valence-corrected chi connectivity index (χ1v) is 7.97. The van der Waals surface area contributed by atoms with Crippen LogP contribution in [0.1, 0.15) is 51.1 Å². The molecule has 2 rings (SSSR count). The molecule has 20 heavy (non-hydrogen) atoms. The van der Waals surface area contributed by atoms with Gasteiger partial charge in [-0.1, -0.05) is 57.0 Å². The van der Waals surface area contributed by atoms with Gasteiger partial charge in [-0.3, -0.25) is 0 Å². The maximum atomic E-state index is 3.53. The number of hydrogen-bond acceptors (Lipinski definition) is 2. The standard InChI is InChI=1S/C18H30N2/c1-18(2,14-20(4)16-12-8-9-13-16)17(19-3)15-10-6-5-7-11-15/h5-7,10-11,16-17,19H,8-9,12-14H2,1-4H3. The van der Waals surface area contributed by atoms with E-state index in [1.165, 1.54) is 31.2 Å². The van der Waals surface area contributed by atoms with Crippen LogP contribution in [-0.4, -0.2) is 31.6 Å². The third kappa shape index (κ3) is 3.62. The van der Waals surface area contributed by atoms with Gasteiger partial charge in [-0.2, -0.15) is 0 Å². The number of nitrogens with one attached hydrogen (secondary N) is 1. The van der Waals surface area contributed by atoms with Crippen molar-refractivity contribution in [2.45, 2.75) is 51.6 Å². The summed E-state index contributed by atoms with van der Waals surface area (Å²) in [7, 11) is 4.38. The predicted octanol–water partition coefficient (Wildman–Crippen LogP) is 3.85. The van der Waals surface area contributed by atoms with Gasteiger partial charge < -0.3 is 10.2 Å². The number of rotatable bonds is 6. The van der Waals surface area contributed by atoms with Crippen LogP contribution in [0.5, 0.6) is 0 Å². The van der Waals surface area contributed by atoms with Crippen LogP contribution >= 0.6 is 0 Å². The van der Waals surface area contributed by atoms with Gasteiger partial charge in [0.2, 0.25) is 0 Å². The van der Waals surface area contributed by atoms with E-state index in [0.29, 0.717) is 6.04 Å². The molecule has 1 aliphatic carbocycles. The molecule has 2 nitrogen and oxygen atoms in total. The minimum Gasteiger partial charge on any atom is -0.313 e. The summed E-state index contributed by atoms with van der Waals surface area (Å²) < 4.78 is 0. The van der Waals surface area contributed by atoms with E-state index in [1.807, 2.05) is 0 Å². The smallest absolute Gasteiger partial charge is 0.0381 e. The molecule has 1 fully saturated rings. The highest BCUT2D eigenvalue weighted by Gasteiger charge is 2.33.